The van der Waals surface area contributed by atoms with Crippen molar-refractivity contribution in [1.82, 2.24) is 9.78 Å². The summed E-state index contributed by atoms with van der Waals surface area (Å²) < 4.78 is 51.6. The molecule has 110 valence electrons. The summed E-state index contributed by atoms with van der Waals surface area (Å²) in [6, 6.07) is 4.03. The van der Waals surface area contributed by atoms with Gasteiger partial charge in [-0.3, -0.25) is 0 Å². The molecule has 1 heterocycles. The molecule has 0 aliphatic heterocycles. The van der Waals surface area contributed by atoms with E-state index in [1.54, 1.807) is 0 Å². The molecule has 0 saturated carbocycles. The van der Waals surface area contributed by atoms with Crippen LogP contribution in [0.15, 0.2) is 36.5 Å². The molecule has 1 aromatic heterocycles. The van der Waals surface area contributed by atoms with Gasteiger partial charge in [0.05, 0.1) is 5.69 Å². The van der Waals surface area contributed by atoms with Gasteiger partial charge in [-0.25, -0.2) is 13.9 Å². The van der Waals surface area contributed by atoms with Gasteiger partial charge in [0.15, 0.2) is 5.69 Å². The number of aromatic nitrogens is 2. The maximum atomic E-state index is 13.2. The summed E-state index contributed by atoms with van der Waals surface area (Å²) in [6.07, 6.45) is -1.70. The van der Waals surface area contributed by atoms with Crippen molar-refractivity contribution in [2.75, 3.05) is 0 Å². The zero-order valence-electron chi connectivity index (χ0n) is 10.3. The molecule has 0 amide bonds. The fourth-order valence-corrected chi connectivity index (χ4v) is 1.64. The molecular formula is C13H8F4N2O2. The predicted octanol–water partition coefficient (Wildman–Crippen LogP) is 3.13. The first-order valence-corrected chi connectivity index (χ1v) is 5.61. The molecule has 0 bridgehead atoms. The van der Waals surface area contributed by atoms with Crippen molar-refractivity contribution in [3.63, 3.8) is 0 Å². The van der Waals surface area contributed by atoms with E-state index in [-0.39, 0.29) is 11.3 Å². The molecule has 8 heteroatoms. The minimum Gasteiger partial charge on any atom is -0.478 e. The summed E-state index contributed by atoms with van der Waals surface area (Å²) in [4.78, 5) is 10.5. The lowest BCUT2D eigenvalue weighted by molar-refractivity contribution is -0.141. The molecule has 4 nitrogen and oxygen atoms in total. The van der Waals surface area contributed by atoms with Crippen molar-refractivity contribution >= 4 is 12.0 Å². The van der Waals surface area contributed by atoms with Gasteiger partial charge in [0.25, 0.3) is 0 Å². The van der Waals surface area contributed by atoms with Crippen molar-refractivity contribution in [3.8, 4) is 5.69 Å². The number of rotatable bonds is 3. The van der Waals surface area contributed by atoms with E-state index in [4.69, 9.17) is 5.11 Å². The molecule has 0 fully saturated rings. The SMILES string of the molecule is O=C(O)C=Cc1cc(F)ccc1-n1ccc(C(F)(F)F)n1. The molecule has 0 radical (unpaired) electrons. The molecule has 0 spiro atoms. The van der Waals surface area contributed by atoms with E-state index in [9.17, 15) is 22.4 Å². The van der Waals surface area contributed by atoms with E-state index in [2.05, 4.69) is 5.10 Å². The lowest BCUT2D eigenvalue weighted by atomic mass is 10.1. The quantitative estimate of drug-likeness (QED) is 0.700. The van der Waals surface area contributed by atoms with Crippen LogP contribution in [0.3, 0.4) is 0 Å². The highest BCUT2D eigenvalue weighted by molar-refractivity contribution is 5.86. The molecule has 0 unspecified atom stereocenters. The van der Waals surface area contributed by atoms with Crippen LogP contribution in [-0.2, 0) is 11.0 Å². The highest BCUT2D eigenvalue weighted by Crippen LogP contribution is 2.28. The topological polar surface area (TPSA) is 55.1 Å². The number of nitrogens with zero attached hydrogens (tertiary/aromatic N) is 2. The van der Waals surface area contributed by atoms with Gasteiger partial charge in [-0.05, 0) is 30.3 Å². The van der Waals surface area contributed by atoms with Crippen molar-refractivity contribution in [1.29, 1.82) is 0 Å². The lowest BCUT2D eigenvalue weighted by Crippen LogP contribution is -2.07. The first-order valence-electron chi connectivity index (χ1n) is 5.61. The normalized spacial score (nSPS) is 12.0. The molecule has 0 aliphatic carbocycles. The Hall–Kier alpha value is -2.64. The Labute approximate surface area is 115 Å². The number of benzene rings is 1. The van der Waals surface area contributed by atoms with E-state index in [0.717, 1.165) is 41.2 Å². The average Bonchev–Trinajstić information content (AvgIpc) is 2.85. The third-order valence-electron chi connectivity index (χ3n) is 2.52. The van der Waals surface area contributed by atoms with Gasteiger partial charge < -0.3 is 5.11 Å². The van der Waals surface area contributed by atoms with Crippen molar-refractivity contribution in [3.05, 3.63) is 53.6 Å². The molecular weight excluding hydrogens is 292 g/mol. The van der Waals surface area contributed by atoms with Gasteiger partial charge in [-0.1, -0.05) is 0 Å². The van der Waals surface area contributed by atoms with Gasteiger partial charge in [0.2, 0.25) is 0 Å². The van der Waals surface area contributed by atoms with Crippen LogP contribution < -0.4 is 0 Å². The first kappa shape index (κ1) is 14.8. The molecule has 0 saturated heterocycles. The van der Waals surface area contributed by atoms with Crippen LogP contribution in [0.4, 0.5) is 17.6 Å². The van der Waals surface area contributed by atoms with E-state index in [1.165, 1.54) is 6.07 Å². The lowest BCUT2D eigenvalue weighted by Gasteiger charge is -2.07. The Kier molecular flexibility index (Phi) is 3.79. The van der Waals surface area contributed by atoms with E-state index in [1.807, 2.05) is 0 Å². The van der Waals surface area contributed by atoms with Crippen LogP contribution in [0, 0.1) is 5.82 Å². The summed E-state index contributed by atoms with van der Waals surface area (Å²) in [6.45, 7) is 0. The van der Waals surface area contributed by atoms with E-state index >= 15 is 0 Å². The summed E-state index contributed by atoms with van der Waals surface area (Å²) in [5.74, 6) is -1.91. The third-order valence-corrected chi connectivity index (χ3v) is 2.52. The molecule has 0 atom stereocenters. The fraction of sp³-hybridized carbons (Fsp3) is 0.0769. The maximum absolute atomic E-state index is 13.2. The minimum atomic E-state index is -4.59. The molecule has 0 aliphatic rings. The molecule has 1 aromatic carbocycles. The summed E-state index contributed by atoms with van der Waals surface area (Å²) in [5, 5.41) is 11.9. The third kappa shape index (κ3) is 3.47. The van der Waals surface area contributed by atoms with Crippen molar-refractivity contribution in [2.45, 2.75) is 6.18 Å². The summed E-state index contributed by atoms with van der Waals surface area (Å²) >= 11 is 0. The van der Waals surface area contributed by atoms with Gasteiger partial charge in [-0.15, -0.1) is 0 Å². The number of hydrogen-bond donors (Lipinski definition) is 1. The highest BCUT2D eigenvalue weighted by atomic mass is 19.4. The molecule has 1 N–H and O–H groups in total. The summed E-state index contributed by atoms with van der Waals surface area (Å²) in [7, 11) is 0. The van der Waals surface area contributed by atoms with Gasteiger partial charge in [0.1, 0.15) is 5.82 Å². The molecule has 2 rings (SSSR count). The second-order valence-corrected chi connectivity index (χ2v) is 4.02. The minimum absolute atomic E-state index is 0.0919. The Balaban J connectivity index is 2.48. The fourth-order valence-electron chi connectivity index (χ4n) is 1.64. The van der Waals surface area contributed by atoms with E-state index < -0.39 is 23.7 Å². The van der Waals surface area contributed by atoms with E-state index in [0.29, 0.717) is 0 Å². The second-order valence-electron chi connectivity index (χ2n) is 4.02. The Bertz CT molecular complexity index is 704. The van der Waals surface area contributed by atoms with Crippen LogP contribution in [0.5, 0.6) is 0 Å². The van der Waals surface area contributed by atoms with Gasteiger partial charge >= 0.3 is 12.1 Å². The van der Waals surface area contributed by atoms with Gasteiger partial charge in [-0.2, -0.15) is 18.3 Å². The second kappa shape index (κ2) is 5.39. The number of carboxylic acids is 1. The monoisotopic (exact) mass is 300 g/mol. The number of alkyl halides is 3. The van der Waals surface area contributed by atoms with Crippen LogP contribution in [-0.4, -0.2) is 20.9 Å². The average molecular weight is 300 g/mol. The standard InChI is InChI=1S/C13H8F4N2O2/c14-9-2-3-10(8(7-9)1-4-12(20)21)19-6-5-11(18-19)13(15,16)17/h1-7H,(H,20,21). The maximum Gasteiger partial charge on any atom is 0.435 e. The van der Waals surface area contributed by atoms with Crippen molar-refractivity contribution < 1.29 is 27.5 Å². The molecule has 2 aromatic rings. The van der Waals surface area contributed by atoms with Crippen LogP contribution in [0.25, 0.3) is 11.8 Å². The summed E-state index contributed by atoms with van der Waals surface area (Å²) in [5.41, 5.74) is -0.876. The van der Waals surface area contributed by atoms with Crippen LogP contribution >= 0.6 is 0 Å². The molecule has 21 heavy (non-hydrogen) atoms. The van der Waals surface area contributed by atoms with Crippen molar-refractivity contribution in [2.24, 2.45) is 0 Å². The van der Waals surface area contributed by atoms with Crippen LogP contribution in [0.1, 0.15) is 11.3 Å². The Morgan fingerprint density at radius 3 is 2.57 bits per heavy atom. The largest absolute Gasteiger partial charge is 0.478 e. The number of hydrogen-bond acceptors (Lipinski definition) is 2. The Morgan fingerprint density at radius 1 is 1.29 bits per heavy atom. The zero-order chi connectivity index (χ0) is 15.6. The van der Waals surface area contributed by atoms with Gasteiger partial charge in [0, 0.05) is 17.8 Å². The predicted molar refractivity (Wildman–Crippen MR) is 65.2 cm³/mol. The number of carboxylic acid groups (broad SMARTS) is 1. The smallest absolute Gasteiger partial charge is 0.435 e. The van der Waals surface area contributed by atoms with Crippen LogP contribution in [0.2, 0.25) is 0 Å². The Morgan fingerprint density at radius 2 is 2.00 bits per heavy atom. The number of carbonyl (C=O) groups is 1. The zero-order valence-corrected chi connectivity index (χ0v) is 10.3. The highest BCUT2D eigenvalue weighted by Gasteiger charge is 2.33. The first-order chi connectivity index (χ1) is 9.77. The number of aliphatic carboxylic acids is 1. The number of halogens is 4.